The van der Waals surface area contributed by atoms with Crippen molar-refractivity contribution in [1.29, 1.82) is 0 Å². The van der Waals surface area contributed by atoms with Crippen molar-refractivity contribution in [3.63, 3.8) is 0 Å². The standard InChI is InChI=1S/C33H35FN2O10S/c1-20-26-15-27-29(16-28(26)36(47(4,39)40)17-25(44-20)18-43-30(37)19-42-14-13-41-3)46-32(31(27)33(38)35-2)21-5-9-23(10-6-21)45-24-11-7-22(34)8-12-24/h5-12,15-16,20,25H,13-14,17-19H2,1-4H3,(H,35,38)/t20-,25-/m0/s1. The molecule has 250 valence electrons. The number of sulfonamides is 1. The molecule has 2 heterocycles. The number of amides is 1. The second kappa shape index (κ2) is 14.5. The zero-order valence-corrected chi connectivity index (χ0v) is 27.1. The average Bonchev–Trinajstić information content (AvgIpc) is 3.35. The lowest BCUT2D eigenvalue weighted by atomic mass is 10.0. The lowest BCUT2D eigenvalue weighted by molar-refractivity contribution is -0.154. The van der Waals surface area contributed by atoms with Crippen LogP contribution in [0.15, 0.2) is 65.1 Å². The van der Waals surface area contributed by atoms with Crippen LogP contribution in [0.4, 0.5) is 10.1 Å². The van der Waals surface area contributed by atoms with Gasteiger partial charge in [-0.25, -0.2) is 17.6 Å². The average molecular weight is 671 g/mol. The molecule has 1 N–H and O–H groups in total. The van der Waals surface area contributed by atoms with Crippen LogP contribution >= 0.6 is 0 Å². The molecule has 14 heteroatoms. The Kier molecular flexibility index (Phi) is 10.4. The zero-order chi connectivity index (χ0) is 33.7. The van der Waals surface area contributed by atoms with E-state index in [0.29, 0.717) is 40.3 Å². The van der Waals surface area contributed by atoms with Gasteiger partial charge in [-0.05, 0) is 61.5 Å². The van der Waals surface area contributed by atoms with E-state index in [-0.39, 0.29) is 49.1 Å². The number of furan rings is 1. The third kappa shape index (κ3) is 7.91. The lowest BCUT2D eigenvalue weighted by Gasteiger charge is -2.24. The van der Waals surface area contributed by atoms with Crippen molar-refractivity contribution < 1.29 is 50.5 Å². The highest BCUT2D eigenvalue weighted by atomic mass is 32.2. The Balaban J connectivity index is 1.46. The van der Waals surface area contributed by atoms with Gasteiger partial charge in [-0.15, -0.1) is 0 Å². The molecule has 3 aromatic carbocycles. The predicted molar refractivity (Wildman–Crippen MR) is 171 cm³/mol. The van der Waals surface area contributed by atoms with Gasteiger partial charge in [-0.2, -0.15) is 0 Å². The molecule has 2 atom stereocenters. The number of ether oxygens (including phenoxy) is 5. The number of nitrogens with zero attached hydrogens (tertiary/aromatic N) is 1. The van der Waals surface area contributed by atoms with Gasteiger partial charge < -0.3 is 33.4 Å². The first-order valence-corrected chi connectivity index (χ1v) is 16.5. The molecule has 0 spiro atoms. The number of fused-ring (bicyclic) bond motifs is 2. The number of anilines is 1. The van der Waals surface area contributed by atoms with E-state index in [1.165, 1.54) is 42.7 Å². The highest BCUT2D eigenvalue weighted by Crippen LogP contribution is 2.42. The first-order chi connectivity index (χ1) is 22.5. The molecule has 12 nitrogen and oxygen atoms in total. The largest absolute Gasteiger partial charge is 0.461 e. The quantitative estimate of drug-likeness (QED) is 0.165. The zero-order valence-electron chi connectivity index (χ0n) is 26.3. The van der Waals surface area contributed by atoms with Gasteiger partial charge in [0.15, 0.2) is 0 Å². The number of methoxy groups -OCH3 is 1. The Morgan fingerprint density at radius 2 is 1.72 bits per heavy atom. The molecule has 0 unspecified atom stereocenters. The monoisotopic (exact) mass is 670 g/mol. The Hall–Kier alpha value is -4.50. The summed E-state index contributed by atoms with van der Waals surface area (Å²) in [7, 11) is -0.823. The SMILES string of the molecule is CNC(=O)c1c(-c2ccc(Oc3ccc(F)cc3)cc2)oc2cc3c(cc12)[C@H](C)O[C@H](COC(=O)COCCOC)CN3S(C)(=O)=O. The number of hydrogen-bond donors (Lipinski definition) is 1. The van der Waals surface area contributed by atoms with Crippen LogP contribution in [0.1, 0.15) is 28.9 Å². The molecule has 1 aliphatic heterocycles. The minimum absolute atomic E-state index is 0.134. The molecule has 1 aliphatic rings. The van der Waals surface area contributed by atoms with Crippen molar-refractivity contribution in [3.8, 4) is 22.8 Å². The minimum atomic E-state index is -3.84. The molecular formula is C33H35FN2O10S. The summed E-state index contributed by atoms with van der Waals surface area (Å²) in [5.74, 6) is -0.207. The summed E-state index contributed by atoms with van der Waals surface area (Å²) in [6, 6.07) is 15.7. The smallest absolute Gasteiger partial charge is 0.332 e. The minimum Gasteiger partial charge on any atom is -0.461 e. The van der Waals surface area contributed by atoms with Crippen molar-refractivity contribution in [3.05, 3.63) is 77.6 Å². The normalized spacial score (nSPS) is 16.4. The van der Waals surface area contributed by atoms with Crippen LogP contribution in [-0.2, 0) is 33.8 Å². The Morgan fingerprint density at radius 3 is 2.36 bits per heavy atom. The van der Waals surface area contributed by atoms with E-state index < -0.39 is 34.1 Å². The molecule has 1 amide bonds. The summed E-state index contributed by atoms with van der Waals surface area (Å²) >= 11 is 0. The summed E-state index contributed by atoms with van der Waals surface area (Å²) in [6.07, 6.45) is -0.379. The summed E-state index contributed by atoms with van der Waals surface area (Å²) in [5, 5.41) is 3.10. The Labute approximate surface area is 271 Å². The van der Waals surface area contributed by atoms with E-state index in [1.807, 2.05) is 0 Å². The number of nitrogens with one attached hydrogen (secondary N) is 1. The van der Waals surface area contributed by atoms with Gasteiger partial charge in [0.05, 0.1) is 43.4 Å². The number of carbonyl (C=O) groups excluding carboxylic acids is 2. The van der Waals surface area contributed by atoms with Gasteiger partial charge in [-0.1, -0.05) is 0 Å². The number of halogens is 1. The molecule has 0 saturated heterocycles. The van der Waals surface area contributed by atoms with Gasteiger partial charge in [0.2, 0.25) is 10.0 Å². The fourth-order valence-corrected chi connectivity index (χ4v) is 6.13. The lowest BCUT2D eigenvalue weighted by Crippen LogP contribution is -2.39. The molecule has 0 aliphatic carbocycles. The van der Waals surface area contributed by atoms with Crippen molar-refractivity contribution in [2.45, 2.75) is 19.1 Å². The van der Waals surface area contributed by atoms with Gasteiger partial charge in [0.1, 0.15) is 48.0 Å². The third-order valence-corrected chi connectivity index (χ3v) is 8.56. The molecule has 0 saturated carbocycles. The summed E-state index contributed by atoms with van der Waals surface area (Å²) in [4.78, 5) is 25.4. The van der Waals surface area contributed by atoms with Crippen LogP contribution in [0.25, 0.3) is 22.3 Å². The molecule has 0 fully saturated rings. The number of esters is 1. The fraction of sp³-hybridized carbons (Fsp3) is 0.333. The molecule has 1 aromatic heterocycles. The van der Waals surface area contributed by atoms with Crippen molar-refractivity contribution >= 4 is 38.6 Å². The highest BCUT2D eigenvalue weighted by molar-refractivity contribution is 7.92. The first kappa shape index (κ1) is 33.9. The Morgan fingerprint density at radius 1 is 1.04 bits per heavy atom. The van der Waals surface area contributed by atoms with E-state index >= 15 is 0 Å². The molecule has 5 rings (SSSR count). The number of hydrogen-bond acceptors (Lipinski definition) is 10. The summed E-state index contributed by atoms with van der Waals surface area (Å²) < 4.78 is 74.2. The fourth-order valence-electron chi connectivity index (χ4n) is 5.18. The van der Waals surface area contributed by atoms with Crippen molar-refractivity contribution in [2.24, 2.45) is 0 Å². The topological polar surface area (TPSA) is 143 Å². The van der Waals surface area contributed by atoms with Crippen LogP contribution in [0.3, 0.4) is 0 Å². The number of carbonyl (C=O) groups is 2. The molecule has 47 heavy (non-hydrogen) atoms. The van der Waals surface area contributed by atoms with E-state index in [4.69, 9.17) is 28.1 Å². The van der Waals surface area contributed by atoms with Gasteiger partial charge >= 0.3 is 5.97 Å². The van der Waals surface area contributed by atoms with E-state index in [2.05, 4.69) is 5.32 Å². The van der Waals surface area contributed by atoms with Crippen molar-refractivity contribution in [1.82, 2.24) is 5.32 Å². The van der Waals surface area contributed by atoms with Crippen LogP contribution < -0.4 is 14.4 Å². The third-order valence-electron chi connectivity index (χ3n) is 7.41. The van der Waals surface area contributed by atoms with E-state index in [0.717, 1.165) is 6.26 Å². The summed E-state index contributed by atoms with van der Waals surface area (Å²) in [6.45, 7) is 1.67. The first-order valence-electron chi connectivity index (χ1n) is 14.7. The maximum atomic E-state index is 13.3. The van der Waals surface area contributed by atoms with Gasteiger partial charge in [0.25, 0.3) is 5.91 Å². The highest BCUT2D eigenvalue weighted by Gasteiger charge is 2.34. The maximum Gasteiger partial charge on any atom is 0.332 e. The van der Waals surface area contributed by atoms with Gasteiger partial charge in [-0.3, -0.25) is 9.10 Å². The maximum absolute atomic E-state index is 13.3. The predicted octanol–water partition coefficient (Wildman–Crippen LogP) is 4.82. The van der Waals surface area contributed by atoms with Crippen LogP contribution in [0.5, 0.6) is 11.5 Å². The molecule has 4 aromatic rings. The molecular weight excluding hydrogens is 635 g/mol. The number of rotatable bonds is 12. The van der Waals surface area contributed by atoms with Crippen LogP contribution in [-0.4, -0.2) is 79.8 Å². The van der Waals surface area contributed by atoms with Gasteiger partial charge in [0, 0.05) is 36.7 Å². The molecule has 0 radical (unpaired) electrons. The molecule has 0 bridgehead atoms. The van der Waals surface area contributed by atoms with Crippen LogP contribution in [0.2, 0.25) is 0 Å². The van der Waals surface area contributed by atoms with E-state index in [9.17, 15) is 22.4 Å². The second-order valence-corrected chi connectivity index (χ2v) is 12.7. The second-order valence-electron chi connectivity index (χ2n) is 10.8. The number of benzene rings is 3. The Bertz CT molecular complexity index is 1840. The van der Waals surface area contributed by atoms with Crippen LogP contribution in [0, 0.1) is 5.82 Å². The summed E-state index contributed by atoms with van der Waals surface area (Å²) in [5.41, 5.74) is 1.91. The van der Waals surface area contributed by atoms with Crippen molar-refractivity contribution in [2.75, 3.05) is 57.7 Å². The van der Waals surface area contributed by atoms with E-state index in [1.54, 1.807) is 43.3 Å².